The van der Waals surface area contributed by atoms with Gasteiger partial charge in [0.05, 0.1) is 32.0 Å². The molecule has 126 valence electrons. The lowest BCUT2D eigenvalue weighted by Crippen LogP contribution is -2.41. The number of morpholine rings is 1. The number of carbonyl (C=O) groups is 1. The van der Waals surface area contributed by atoms with E-state index in [4.69, 9.17) is 14.2 Å². The molecule has 23 heavy (non-hydrogen) atoms. The number of pyridine rings is 1. The lowest BCUT2D eigenvalue weighted by molar-refractivity contribution is 0.0383. The molecule has 0 aliphatic carbocycles. The predicted molar refractivity (Wildman–Crippen MR) is 83.7 cm³/mol. The van der Waals surface area contributed by atoms with E-state index in [9.17, 15) is 4.79 Å². The van der Waals surface area contributed by atoms with Crippen LogP contribution < -0.4 is 10.1 Å². The van der Waals surface area contributed by atoms with Gasteiger partial charge in [0, 0.05) is 44.9 Å². The van der Waals surface area contributed by atoms with Crippen LogP contribution in [0.1, 0.15) is 16.8 Å². The molecular weight excluding hydrogens is 298 g/mol. The maximum atomic E-state index is 12.1. The Hall–Kier alpha value is -1.70. The highest BCUT2D eigenvalue weighted by atomic mass is 16.5. The number of amides is 1. The van der Waals surface area contributed by atoms with E-state index in [0.29, 0.717) is 24.6 Å². The van der Waals surface area contributed by atoms with Gasteiger partial charge in [-0.15, -0.1) is 0 Å². The van der Waals surface area contributed by atoms with Gasteiger partial charge in [0.1, 0.15) is 6.10 Å². The number of hydrogen-bond acceptors (Lipinski definition) is 6. The molecule has 2 fully saturated rings. The predicted octanol–water partition coefficient (Wildman–Crippen LogP) is 0.311. The monoisotopic (exact) mass is 321 g/mol. The lowest BCUT2D eigenvalue weighted by atomic mass is 10.2. The number of carbonyl (C=O) groups excluding carboxylic acids is 1. The van der Waals surface area contributed by atoms with Gasteiger partial charge in [0.2, 0.25) is 5.88 Å². The number of nitrogens with one attached hydrogen (secondary N) is 1. The summed E-state index contributed by atoms with van der Waals surface area (Å²) in [5, 5.41) is 2.92. The van der Waals surface area contributed by atoms with Crippen molar-refractivity contribution in [2.24, 2.45) is 0 Å². The van der Waals surface area contributed by atoms with Gasteiger partial charge in [0.25, 0.3) is 5.91 Å². The van der Waals surface area contributed by atoms with Crippen LogP contribution in [0, 0.1) is 0 Å². The number of ether oxygens (including phenoxy) is 3. The van der Waals surface area contributed by atoms with Crippen molar-refractivity contribution in [2.45, 2.75) is 12.5 Å². The van der Waals surface area contributed by atoms with Crippen LogP contribution in [-0.2, 0) is 9.47 Å². The fourth-order valence-corrected chi connectivity index (χ4v) is 2.62. The van der Waals surface area contributed by atoms with E-state index in [0.717, 1.165) is 45.9 Å². The zero-order chi connectivity index (χ0) is 15.9. The third kappa shape index (κ3) is 4.89. The van der Waals surface area contributed by atoms with Crippen molar-refractivity contribution >= 4 is 5.91 Å². The van der Waals surface area contributed by atoms with Crippen LogP contribution in [0.2, 0.25) is 0 Å². The normalized spacial score (nSPS) is 22.0. The second-order valence-electron chi connectivity index (χ2n) is 5.70. The first-order chi connectivity index (χ1) is 11.3. The van der Waals surface area contributed by atoms with Crippen LogP contribution >= 0.6 is 0 Å². The second-order valence-corrected chi connectivity index (χ2v) is 5.70. The van der Waals surface area contributed by atoms with Gasteiger partial charge in [-0.3, -0.25) is 9.69 Å². The summed E-state index contributed by atoms with van der Waals surface area (Å²) in [4.78, 5) is 18.6. The Morgan fingerprint density at radius 2 is 2.17 bits per heavy atom. The van der Waals surface area contributed by atoms with Crippen LogP contribution in [0.25, 0.3) is 0 Å². The summed E-state index contributed by atoms with van der Waals surface area (Å²) in [5.41, 5.74) is 0.544. The maximum absolute atomic E-state index is 12.1. The standard InChI is InChI=1S/C16H23N3O4/c20-16(17-4-5-19-6-9-21-10-7-19)13-1-2-15(18-11-13)23-14-3-8-22-12-14/h1-2,11,14H,3-10,12H2,(H,17,20). The maximum Gasteiger partial charge on any atom is 0.252 e. The van der Waals surface area contributed by atoms with Gasteiger partial charge in [-0.2, -0.15) is 0 Å². The number of rotatable bonds is 6. The highest BCUT2D eigenvalue weighted by molar-refractivity contribution is 5.93. The third-order valence-corrected chi connectivity index (χ3v) is 3.99. The zero-order valence-corrected chi connectivity index (χ0v) is 13.2. The molecule has 1 amide bonds. The van der Waals surface area contributed by atoms with Crippen molar-refractivity contribution in [3.8, 4) is 5.88 Å². The van der Waals surface area contributed by atoms with Crippen LogP contribution in [0.5, 0.6) is 5.88 Å². The molecule has 1 aromatic rings. The molecule has 3 heterocycles. The number of nitrogens with zero attached hydrogens (tertiary/aromatic N) is 2. The Morgan fingerprint density at radius 1 is 1.30 bits per heavy atom. The van der Waals surface area contributed by atoms with Crippen molar-refractivity contribution < 1.29 is 19.0 Å². The second kappa shape index (κ2) is 8.24. The van der Waals surface area contributed by atoms with E-state index in [-0.39, 0.29) is 12.0 Å². The van der Waals surface area contributed by atoms with Gasteiger partial charge >= 0.3 is 0 Å². The minimum atomic E-state index is -0.110. The third-order valence-electron chi connectivity index (χ3n) is 3.99. The molecule has 7 nitrogen and oxygen atoms in total. The highest BCUT2D eigenvalue weighted by Crippen LogP contribution is 2.14. The Kier molecular flexibility index (Phi) is 5.79. The van der Waals surface area contributed by atoms with Gasteiger partial charge in [-0.05, 0) is 6.07 Å². The Morgan fingerprint density at radius 3 is 2.87 bits per heavy atom. The first kappa shape index (κ1) is 16.2. The van der Waals surface area contributed by atoms with Crippen molar-refractivity contribution in [1.29, 1.82) is 0 Å². The van der Waals surface area contributed by atoms with Crippen LogP contribution in [0.4, 0.5) is 0 Å². The average molecular weight is 321 g/mol. The Bertz CT molecular complexity index is 497. The SMILES string of the molecule is O=C(NCCN1CCOCC1)c1ccc(OC2CCOC2)nc1. The van der Waals surface area contributed by atoms with Gasteiger partial charge in [-0.25, -0.2) is 4.98 Å². The van der Waals surface area contributed by atoms with E-state index in [1.54, 1.807) is 18.3 Å². The summed E-state index contributed by atoms with van der Waals surface area (Å²) in [7, 11) is 0. The Balaban J connectivity index is 1.41. The smallest absolute Gasteiger partial charge is 0.252 e. The summed E-state index contributed by atoms with van der Waals surface area (Å²) < 4.78 is 16.2. The van der Waals surface area contributed by atoms with Crippen molar-refractivity contribution in [2.75, 3.05) is 52.6 Å². The number of hydrogen-bond donors (Lipinski definition) is 1. The van der Waals surface area contributed by atoms with E-state index < -0.39 is 0 Å². The average Bonchev–Trinajstić information content (AvgIpc) is 3.09. The summed E-state index contributed by atoms with van der Waals surface area (Å²) >= 11 is 0. The molecule has 7 heteroatoms. The van der Waals surface area contributed by atoms with Crippen LogP contribution in [0.3, 0.4) is 0 Å². The molecule has 1 N–H and O–H groups in total. The van der Waals surface area contributed by atoms with Crippen molar-refractivity contribution in [1.82, 2.24) is 15.2 Å². The topological polar surface area (TPSA) is 72.9 Å². The first-order valence-electron chi connectivity index (χ1n) is 8.10. The van der Waals surface area contributed by atoms with Gasteiger partial charge < -0.3 is 19.5 Å². The van der Waals surface area contributed by atoms with Crippen LogP contribution in [0.15, 0.2) is 18.3 Å². The fourth-order valence-electron chi connectivity index (χ4n) is 2.62. The summed E-state index contributed by atoms with van der Waals surface area (Å²) in [6.07, 6.45) is 2.50. The molecule has 0 spiro atoms. The molecule has 1 atom stereocenters. The zero-order valence-electron chi connectivity index (χ0n) is 13.2. The molecule has 0 bridgehead atoms. The lowest BCUT2D eigenvalue weighted by Gasteiger charge is -2.26. The molecule has 2 aliphatic heterocycles. The number of aromatic nitrogens is 1. The molecule has 1 unspecified atom stereocenters. The minimum absolute atomic E-state index is 0.0655. The molecule has 0 aromatic carbocycles. The molecule has 0 saturated carbocycles. The molecule has 2 saturated heterocycles. The summed E-state index contributed by atoms with van der Waals surface area (Å²) in [6, 6.07) is 3.47. The van der Waals surface area contributed by atoms with E-state index in [1.165, 1.54) is 0 Å². The summed E-state index contributed by atoms with van der Waals surface area (Å²) in [5.74, 6) is 0.423. The van der Waals surface area contributed by atoms with Gasteiger partial charge in [-0.1, -0.05) is 0 Å². The van der Waals surface area contributed by atoms with E-state index in [2.05, 4.69) is 15.2 Å². The molecular formula is C16H23N3O4. The summed E-state index contributed by atoms with van der Waals surface area (Å²) in [6.45, 7) is 6.18. The van der Waals surface area contributed by atoms with Crippen molar-refractivity contribution in [3.63, 3.8) is 0 Å². The quantitative estimate of drug-likeness (QED) is 0.813. The van der Waals surface area contributed by atoms with Gasteiger partial charge in [0.15, 0.2) is 0 Å². The van der Waals surface area contributed by atoms with E-state index >= 15 is 0 Å². The molecule has 3 rings (SSSR count). The van der Waals surface area contributed by atoms with Crippen molar-refractivity contribution in [3.05, 3.63) is 23.9 Å². The fraction of sp³-hybridized carbons (Fsp3) is 0.625. The Labute approximate surface area is 135 Å². The molecule has 1 aromatic heterocycles. The molecule has 0 radical (unpaired) electrons. The first-order valence-corrected chi connectivity index (χ1v) is 8.10. The van der Waals surface area contributed by atoms with Crippen LogP contribution in [-0.4, -0.2) is 74.5 Å². The highest BCUT2D eigenvalue weighted by Gasteiger charge is 2.18. The molecule has 2 aliphatic rings. The van der Waals surface area contributed by atoms with E-state index in [1.807, 2.05) is 0 Å². The minimum Gasteiger partial charge on any atom is -0.472 e. The largest absolute Gasteiger partial charge is 0.472 e.